The topological polar surface area (TPSA) is 42.5 Å². The van der Waals surface area contributed by atoms with E-state index in [1.54, 1.807) is 0 Å². The van der Waals surface area contributed by atoms with Crippen LogP contribution in [0.1, 0.15) is 48.7 Å². The second-order valence-corrected chi connectivity index (χ2v) is 12.0. The molecule has 3 aromatic carbocycles. The van der Waals surface area contributed by atoms with Gasteiger partial charge in [0.25, 0.3) is 0 Å². The van der Waals surface area contributed by atoms with Gasteiger partial charge >= 0.3 is 33.3 Å². The molecule has 0 bridgehead atoms. The zero-order chi connectivity index (χ0) is 27.2. The average molecular weight is 577 g/mol. The van der Waals surface area contributed by atoms with Crippen LogP contribution in [0, 0.1) is 33.1 Å². The van der Waals surface area contributed by atoms with Gasteiger partial charge in [-0.25, -0.2) is 0 Å². The molecule has 0 N–H and O–H groups in total. The van der Waals surface area contributed by atoms with Crippen molar-refractivity contribution < 1.29 is 13.1 Å². The third kappa shape index (κ3) is 7.33. The number of halogens is 2. The van der Waals surface area contributed by atoms with E-state index in [4.69, 9.17) is 35.3 Å². The molecule has 1 heterocycles. The predicted molar refractivity (Wildman–Crippen MR) is 157 cm³/mol. The molecule has 4 nitrogen and oxygen atoms in total. The summed E-state index contributed by atoms with van der Waals surface area (Å²) in [6, 6.07) is 20.9. The van der Waals surface area contributed by atoms with Crippen LogP contribution in [0.2, 0.25) is 0 Å². The van der Waals surface area contributed by atoms with Crippen molar-refractivity contribution in [3.63, 3.8) is 0 Å². The fourth-order valence-corrected chi connectivity index (χ4v) is 4.20. The molecule has 7 heteroatoms. The Labute approximate surface area is 235 Å². The molecule has 37 heavy (non-hydrogen) atoms. The molecule has 4 rings (SSSR count). The summed E-state index contributed by atoms with van der Waals surface area (Å²) in [7, 11) is 9.53. The van der Waals surface area contributed by atoms with E-state index in [1.165, 1.54) is 11.1 Å². The van der Waals surface area contributed by atoms with Crippen molar-refractivity contribution in [3.8, 4) is 0 Å². The van der Waals surface area contributed by atoms with Crippen LogP contribution in [-0.4, -0.2) is 21.7 Å². The summed E-state index contributed by atoms with van der Waals surface area (Å²) < 4.78 is 2.07. The summed E-state index contributed by atoms with van der Waals surface area (Å²) in [5.74, 6) is 0. The number of aliphatic imine (C=N–C) groups is 2. The molecule has 0 atom stereocenters. The Bertz CT molecular complexity index is 1390. The molecule has 4 aromatic rings. The molecule has 0 saturated carbocycles. The minimum absolute atomic E-state index is 0.103. The van der Waals surface area contributed by atoms with E-state index in [0.29, 0.717) is 6.54 Å². The molecule has 1 aromatic heterocycles. The monoisotopic (exact) mass is 576 g/mol. The van der Waals surface area contributed by atoms with Gasteiger partial charge in [0, 0.05) is 16.5 Å². The number of para-hydroxylation sites is 3. The number of aromatic nitrogens is 2. The number of fused-ring (bicyclic) bond motifs is 1. The van der Waals surface area contributed by atoms with Gasteiger partial charge in [0.2, 0.25) is 0 Å². The van der Waals surface area contributed by atoms with Crippen LogP contribution < -0.4 is 0 Å². The second kappa shape index (κ2) is 12.9. The van der Waals surface area contributed by atoms with Crippen molar-refractivity contribution in [2.45, 2.75) is 55.0 Å². The van der Waals surface area contributed by atoms with Crippen LogP contribution in [0.5, 0.6) is 0 Å². The van der Waals surface area contributed by atoms with Gasteiger partial charge in [-0.05, 0) is 56.0 Å². The van der Waals surface area contributed by atoms with Gasteiger partial charge < -0.3 is 0 Å². The Morgan fingerprint density at radius 3 is 1.89 bits per heavy atom. The summed E-state index contributed by atoms with van der Waals surface area (Å²) in [6.07, 6.45) is 1.90. The van der Waals surface area contributed by atoms with Gasteiger partial charge in [-0.1, -0.05) is 75.4 Å². The molecule has 0 aliphatic rings. The predicted octanol–water partition coefficient (Wildman–Crippen LogP) is 9.22. The molecule has 196 valence electrons. The Balaban J connectivity index is 0.00000121. The van der Waals surface area contributed by atoms with E-state index in [1.807, 2.05) is 6.21 Å². The average Bonchev–Trinajstić information content (AvgIpc) is 3.18. The molecule has 0 aliphatic heterocycles. The first-order chi connectivity index (χ1) is 17.6. The molecule has 0 fully saturated rings. The number of hydrogen-bond donors (Lipinski definition) is 0. The van der Waals surface area contributed by atoms with Gasteiger partial charge in [-0.15, -0.1) is 0 Å². The van der Waals surface area contributed by atoms with Crippen molar-refractivity contribution in [1.29, 1.82) is 0 Å². The maximum absolute atomic E-state index is 5.18. The summed E-state index contributed by atoms with van der Waals surface area (Å²) in [5.41, 5.74) is 9.72. The van der Waals surface area contributed by atoms with Crippen LogP contribution in [0.4, 0.5) is 11.4 Å². The Hall–Kier alpha value is -2.43. The van der Waals surface area contributed by atoms with Gasteiger partial charge in [0.1, 0.15) is 5.69 Å². The van der Waals surface area contributed by atoms with Crippen LogP contribution >= 0.6 is 20.2 Å². The van der Waals surface area contributed by atoms with E-state index in [0.717, 1.165) is 44.8 Å². The van der Waals surface area contributed by atoms with Gasteiger partial charge in [0.15, 0.2) is 0 Å². The van der Waals surface area contributed by atoms with E-state index < -0.39 is 0 Å². The van der Waals surface area contributed by atoms with E-state index in [9.17, 15) is 0 Å². The molecule has 0 spiro atoms. The summed E-state index contributed by atoms with van der Waals surface area (Å²) >= 11 is 0.194. The standard InChI is InChI=1S/C30H34N4.2ClH.Fe/c1-20-12-10-13-21(2)28(20)31-18-25-24-16-8-9-17-26(24)34(33-25)19-27(30(5,6)7)32-29-22(3)14-11-15-23(29)4;;;/h8-18H,19H2,1-7H3;2*1H;/q;;;+2/p-2. The van der Waals surface area contributed by atoms with Crippen LogP contribution in [0.25, 0.3) is 10.9 Å². The first kappa shape index (κ1) is 29.1. The van der Waals surface area contributed by atoms with Crippen LogP contribution in [0.15, 0.2) is 70.6 Å². The first-order valence-corrected chi connectivity index (χ1v) is 15.2. The van der Waals surface area contributed by atoms with E-state index in [-0.39, 0.29) is 18.5 Å². The van der Waals surface area contributed by atoms with Crippen molar-refractivity contribution >= 4 is 54.4 Å². The Kier molecular flexibility index (Phi) is 10.1. The fourth-order valence-electron chi connectivity index (χ4n) is 4.20. The number of aryl methyl sites for hydroxylation is 4. The normalized spacial score (nSPS) is 12.3. The van der Waals surface area contributed by atoms with Gasteiger partial charge in [-0.2, -0.15) is 5.10 Å². The summed E-state index contributed by atoms with van der Waals surface area (Å²) in [4.78, 5) is 10.0. The molecule has 0 radical (unpaired) electrons. The zero-order valence-corrected chi connectivity index (χ0v) is 25.1. The van der Waals surface area contributed by atoms with Gasteiger partial charge in [-0.3, -0.25) is 14.7 Å². The Morgan fingerprint density at radius 2 is 1.35 bits per heavy atom. The fraction of sp³-hybridized carbons (Fsp3) is 0.300. The molecule has 0 saturated heterocycles. The number of nitrogens with zero attached hydrogens (tertiary/aromatic N) is 4. The summed E-state index contributed by atoms with van der Waals surface area (Å²) in [5, 5.41) is 6.09. The molecular weight excluding hydrogens is 543 g/mol. The third-order valence-electron chi connectivity index (χ3n) is 6.29. The first-order valence-electron chi connectivity index (χ1n) is 12.1. The van der Waals surface area contributed by atoms with Crippen molar-refractivity contribution in [2.24, 2.45) is 15.4 Å². The van der Waals surface area contributed by atoms with Crippen molar-refractivity contribution in [1.82, 2.24) is 9.78 Å². The minimum atomic E-state index is -0.103. The van der Waals surface area contributed by atoms with E-state index in [2.05, 4.69) is 114 Å². The molecule has 0 amide bonds. The quantitative estimate of drug-likeness (QED) is 0.172. The maximum atomic E-state index is 5.18. The number of hydrogen-bond acceptors (Lipinski definition) is 3. The zero-order valence-electron chi connectivity index (χ0n) is 22.5. The number of rotatable bonds is 5. The SMILES string of the molecule is Cc1cccc(C)c1N=Cc1nn(CC(=Nc2c(C)cccc2C)C(C)(C)C)c2ccccc12.[Cl][Fe][Cl]. The van der Waals surface area contributed by atoms with Crippen LogP contribution in [-0.2, 0) is 19.7 Å². The van der Waals surface area contributed by atoms with Crippen LogP contribution in [0.3, 0.4) is 0 Å². The van der Waals surface area contributed by atoms with Crippen molar-refractivity contribution in [2.75, 3.05) is 0 Å². The van der Waals surface area contributed by atoms with Gasteiger partial charge in [0.05, 0.1) is 29.7 Å². The third-order valence-corrected chi connectivity index (χ3v) is 6.29. The molecule has 0 unspecified atom stereocenters. The van der Waals surface area contributed by atoms with E-state index >= 15 is 0 Å². The number of benzene rings is 3. The summed E-state index contributed by atoms with van der Waals surface area (Å²) in [6.45, 7) is 15.7. The molecule has 0 aliphatic carbocycles. The molecular formula is C30H34Cl2FeN4. The Morgan fingerprint density at radius 1 is 0.838 bits per heavy atom. The van der Waals surface area contributed by atoms with Crippen molar-refractivity contribution in [3.05, 3.63) is 88.6 Å². The second-order valence-electron chi connectivity index (χ2n) is 10.2.